The van der Waals surface area contributed by atoms with Crippen molar-refractivity contribution < 1.29 is 9.47 Å². The molecular weight excluding hydrogens is 244 g/mol. The highest BCUT2D eigenvalue weighted by Crippen LogP contribution is 2.09. The minimum atomic E-state index is 0.307. The van der Waals surface area contributed by atoms with E-state index in [4.69, 9.17) is 9.47 Å². The first-order valence-corrected chi connectivity index (χ1v) is 6.58. The van der Waals surface area contributed by atoms with Crippen LogP contribution >= 0.6 is 15.9 Å². The lowest BCUT2D eigenvalue weighted by molar-refractivity contribution is 0.0111. The van der Waals surface area contributed by atoms with Crippen LogP contribution < -0.4 is 0 Å². The fourth-order valence-corrected chi connectivity index (χ4v) is 1.72. The average molecular weight is 267 g/mol. The second-order valence-corrected chi connectivity index (χ2v) is 4.45. The van der Waals surface area contributed by atoms with E-state index in [1.807, 2.05) is 13.8 Å². The zero-order valence-electron chi connectivity index (χ0n) is 9.59. The van der Waals surface area contributed by atoms with E-state index in [2.05, 4.69) is 22.9 Å². The van der Waals surface area contributed by atoms with E-state index >= 15 is 0 Å². The van der Waals surface area contributed by atoms with E-state index in [-0.39, 0.29) is 0 Å². The highest BCUT2D eigenvalue weighted by Gasteiger charge is 2.05. The number of hydrogen-bond acceptors (Lipinski definition) is 2. The van der Waals surface area contributed by atoms with Gasteiger partial charge in [-0.3, -0.25) is 0 Å². The van der Waals surface area contributed by atoms with Crippen molar-refractivity contribution in [1.82, 2.24) is 0 Å². The molecule has 0 aromatic heterocycles. The first-order chi connectivity index (χ1) is 6.70. The van der Waals surface area contributed by atoms with Gasteiger partial charge in [0.2, 0.25) is 0 Å². The summed E-state index contributed by atoms with van der Waals surface area (Å²) in [5, 5.41) is 1.03. The van der Waals surface area contributed by atoms with Gasteiger partial charge in [-0.1, -0.05) is 29.3 Å². The highest BCUT2D eigenvalue weighted by atomic mass is 79.9. The Bertz CT molecular complexity index is 118. The molecule has 1 atom stereocenters. The summed E-state index contributed by atoms with van der Waals surface area (Å²) in [5.41, 5.74) is 0. The molecule has 0 aliphatic heterocycles. The monoisotopic (exact) mass is 266 g/mol. The van der Waals surface area contributed by atoms with Crippen molar-refractivity contribution in [3.63, 3.8) is 0 Å². The van der Waals surface area contributed by atoms with Gasteiger partial charge in [0.15, 0.2) is 0 Å². The molecule has 0 aromatic rings. The second-order valence-electron chi connectivity index (χ2n) is 3.80. The minimum Gasteiger partial charge on any atom is -0.379 e. The Morgan fingerprint density at radius 1 is 1.21 bits per heavy atom. The van der Waals surface area contributed by atoms with Crippen molar-refractivity contribution in [2.24, 2.45) is 5.92 Å². The fraction of sp³-hybridized carbons (Fsp3) is 1.00. The van der Waals surface area contributed by atoms with E-state index in [0.29, 0.717) is 25.2 Å². The van der Waals surface area contributed by atoms with E-state index in [1.165, 1.54) is 12.8 Å². The molecule has 0 spiro atoms. The van der Waals surface area contributed by atoms with E-state index in [9.17, 15) is 0 Å². The molecule has 3 heteroatoms. The molecule has 0 radical (unpaired) electrons. The predicted octanol–water partition coefficient (Wildman–Crippen LogP) is 3.24. The summed E-state index contributed by atoms with van der Waals surface area (Å²) in [6.07, 6.45) is 2.76. The van der Waals surface area contributed by atoms with Crippen molar-refractivity contribution in [2.45, 2.75) is 39.7 Å². The van der Waals surface area contributed by atoms with Gasteiger partial charge in [0.25, 0.3) is 0 Å². The van der Waals surface area contributed by atoms with Crippen LogP contribution in [0.1, 0.15) is 33.6 Å². The maximum Gasteiger partial charge on any atom is 0.0703 e. The fourth-order valence-electron chi connectivity index (χ4n) is 1.21. The van der Waals surface area contributed by atoms with Crippen LogP contribution in [0.25, 0.3) is 0 Å². The normalized spacial score (nSPS) is 13.5. The summed E-state index contributed by atoms with van der Waals surface area (Å²) >= 11 is 3.50. The van der Waals surface area contributed by atoms with Crippen LogP contribution in [-0.4, -0.2) is 31.3 Å². The lowest BCUT2D eigenvalue weighted by Crippen LogP contribution is -2.15. The predicted molar refractivity (Wildman–Crippen MR) is 64.1 cm³/mol. The van der Waals surface area contributed by atoms with Gasteiger partial charge in [-0.15, -0.1) is 0 Å². The number of rotatable bonds is 9. The Kier molecular flexibility index (Phi) is 10.2. The molecule has 14 heavy (non-hydrogen) atoms. The zero-order valence-corrected chi connectivity index (χ0v) is 11.2. The lowest BCUT2D eigenvalue weighted by Gasteiger charge is -2.13. The molecule has 0 fully saturated rings. The smallest absolute Gasteiger partial charge is 0.0703 e. The SMILES string of the molecule is CCCC(CBr)COCCOC(C)C. The third-order valence-electron chi connectivity index (χ3n) is 1.95. The first kappa shape index (κ1) is 14.4. The molecule has 0 N–H and O–H groups in total. The van der Waals surface area contributed by atoms with Crippen molar-refractivity contribution in [2.75, 3.05) is 25.2 Å². The molecule has 1 unspecified atom stereocenters. The van der Waals surface area contributed by atoms with Crippen LogP contribution in [0, 0.1) is 5.92 Å². The standard InChI is InChI=1S/C11H23BrO2/c1-4-5-11(8-12)9-13-6-7-14-10(2)3/h10-11H,4-9H2,1-3H3. The quantitative estimate of drug-likeness (QED) is 0.471. The molecule has 0 aliphatic rings. The largest absolute Gasteiger partial charge is 0.379 e. The number of hydrogen-bond donors (Lipinski definition) is 0. The third-order valence-corrected chi connectivity index (χ3v) is 2.86. The van der Waals surface area contributed by atoms with Crippen LogP contribution in [-0.2, 0) is 9.47 Å². The van der Waals surface area contributed by atoms with E-state index in [1.54, 1.807) is 0 Å². The van der Waals surface area contributed by atoms with Gasteiger partial charge in [0.05, 0.1) is 25.9 Å². The lowest BCUT2D eigenvalue weighted by atomic mass is 10.1. The van der Waals surface area contributed by atoms with Gasteiger partial charge >= 0.3 is 0 Å². The van der Waals surface area contributed by atoms with Crippen LogP contribution in [0.5, 0.6) is 0 Å². The highest BCUT2D eigenvalue weighted by molar-refractivity contribution is 9.09. The molecule has 0 rings (SSSR count). The van der Waals surface area contributed by atoms with Crippen LogP contribution in [0.4, 0.5) is 0 Å². The summed E-state index contributed by atoms with van der Waals surface area (Å²) in [6, 6.07) is 0. The van der Waals surface area contributed by atoms with E-state index in [0.717, 1.165) is 11.9 Å². The Morgan fingerprint density at radius 2 is 1.93 bits per heavy atom. The van der Waals surface area contributed by atoms with Gasteiger partial charge in [-0.2, -0.15) is 0 Å². The Hall–Kier alpha value is 0.400. The number of halogens is 1. The molecule has 86 valence electrons. The Morgan fingerprint density at radius 3 is 2.43 bits per heavy atom. The molecule has 0 aromatic carbocycles. The van der Waals surface area contributed by atoms with Crippen LogP contribution in [0.2, 0.25) is 0 Å². The minimum absolute atomic E-state index is 0.307. The molecule has 0 saturated carbocycles. The van der Waals surface area contributed by atoms with Crippen molar-refractivity contribution >= 4 is 15.9 Å². The van der Waals surface area contributed by atoms with Crippen molar-refractivity contribution in [3.05, 3.63) is 0 Å². The zero-order chi connectivity index (χ0) is 10.8. The van der Waals surface area contributed by atoms with Crippen molar-refractivity contribution in [1.29, 1.82) is 0 Å². The Balaban J connectivity index is 3.24. The number of ether oxygens (including phenoxy) is 2. The van der Waals surface area contributed by atoms with Gasteiger partial charge in [-0.05, 0) is 26.2 Å². The summed E-state index contributed by atoms with van der Waals surface area (Å²) < 4.78 is 10.9. The van der Waals surface area contributed by atoms with Crippen LogP contribution in [0.3, 0.4) is 0 Å². The van der Waals surface area contributed by atoms with Gasteiger partial charge in [-0.25, -0.2) is 0 Å². The summed E-state index contributed by atoms with van der Waals surface area (Å²) in [4.78, 5) is 0. The maximum atomic E-state index is 5.53. The van der Waals surface area contributed by atoms with Gasteiger partial charge in [0, 0.05) is 5.33 Å². The summed E-state index contributed by atoms with van der Waals surface area (Å²) in [7, 11) is 0. The Labute approximate surface area is 96.5 Å². The maximum absolute atomic E-state index is 5.53. The van der Waals surface area contributed by atoms with Gasteiger partial charge < -0.3 is 9.47 Å². The van der Waals surface area contributed by atoms with Gasteiger partial charge in [0.1, 0.15) is 0 Å². The third kappa shape index (κ3) is 8.97. The summed E-state index contributed by atoms with van der Waals surface area (Å²) in [5.74, 6) is 0.652. The molecule has 0 amide bonds. The molecule has 0 saturated heterocycles. The average Bonchev–Trinajstić information content (AvgIpc) is 2.15. The molecule has 0 bridgehead atoms. The second kappa shape index (κ2) is 9.94. The summed E-state index contributed by atoms with van der Waals surface area (Å²) in [6.45, 7) is 8.55. The molecule has 0 heterocycles. The number of alkyl halides is 1. The van der Waals surface area contributed by atoms with E-state index < -0.39 is 0 Å². The molecule has 0 aliphatic carbocycles. The topological polar surface area (TPSA) is 18.5 Å². The first-order valence-electron chi connectivity index (χ1n) is 5.46. The van der Waals surface area contributed by atoms with Crippen molar-refractivity contribution in [3.8, 4) is 0 Å². The molecular formula is C11H23BrO2. The molecule has 2 nitrogen and oxygen atoms in total. The van der Waals surface area contributed by atoms with Crippen LogP contribution in [0.15, 0.2) is 0 Å².